The van der Waals surface area contributed by atoms with Gasteiger partial charge in [-0.05, 0) is 42.3 Å². The molecule has 2 rings (SSSR count). The van der Waals surface area contributed by atoms with Gasteiger partial charge in [-0.25, -0.2) is 0 Å². The average molecular weight is 316 g/mol. The maximum absolute atomic E-state index is 11.8. The van der Waals surface area contributed by atoms with Gasteiger partial charge < -0.3 is 5.32 Å². The Hall–Kier alpha value is -1.87. The van der Waals surface area contributed by atoms with Crippen molar-refractivity contribution in [2.45, 2.75) is 6.92 Å². The van der Waals surface area contributed by atoms with Crippen molar-refractivity contribution in [1.29, 1.82) is 0 Å². The Morgan fingerprint density at radius 3 is 2.47 bits per heavy atom. The van der Waals surface area contributed by atoms with Crippen LogP contribution < -0.4 is 5.32 Å². The van der Waals surface area contributed by atoms with Crippen molar-refractivity contribution in [3.05, 3.63) is 70.2 Å². The first kappa shape index (κ1) is 13.6. The van der Waals surface area contributed by atoms with Crippen LogP contribution in [-0.4, -0.2) is 5.91 Å². The zero-order valence-electron chi connectivity index (χ0n) is 10.6. The van der Waals surface area contributed by atoms with E-state index in [-0.39, 0.29) is 5.91 Å². The second-order valence-electron chi connectivity index (χ2n) is 4.19. The van der Waals surface area contributed by atoms with Crippen LogP contribution in [0.4, 0.5) is 5.69 Å². The molecule has 0 heterocycles. The molecular formula is C16H14BrNO. The van der Waals surface area contributed by atoms with Gasteiger partial charge in [0, 0.05) is 16.2 Å². The third kappa shape index (κ3) is 4.07. The number of para-hydroxylation sites is 1. The first-order valence-electron chi connectivity index (χ1n) is 5.95. The summed E-state index contributed by atoms with van der Waals surface area (Å²) in [5.74, 6) is -0.128. The summed E-state index contributed by atoms with van der Waals surface area (Å²) in [5.41, 5.74) is 2.88. The third-order valence-electron chi connectivity index (χ3n) is 2.70. The summed E-state index contributed by atoms with van der Waals surface area (Å²) in [6.45, 7) is 1.97. The van der Waals surface area contributed by atoms with Crippen molar-refractivity contribution in [3.63, 3.8) is 0 Å². The third-order valence-corrected chi connectivity index (χ3v) is 3.23. The van der Waals surface area contributed by atoms with Crippen LogP contribution in [0.3, 0.4) is 0 Å². The highest BCUT2D eigenvalue weighted by Crippen LogP contribution is 2.14. The minimum Gasteiger partial charge on any atom is -0.322 e. The van der Waals surface area contributed by atoms with Crippen LogP contribution in [0.5, 0.6) is 0 Å². The van der Waals surface area contributed by atoms with Crippen molar-refractivity contribution in [2.24, 2.45) is 0 Å². The number of carbonyl (C=O) groups is 1. The summed E-state index contributed by atoms with van der Waals surface area (Å²) in [6.07, 6.45) is 3.33. The van der Waals surface area contributed by atoms with Gasteiger partial charge >= 0.3 is 0 Å². The van der Waals surface area contributed by atoms with Gasteiger partial charge in [-0.15, -0.1) is 0 Å². The van der Waals surface area contributed by atoms with Gasteiger partial charge in [-0.1, -0.05) is 46.3 Å². The number of nitrogens with one attached hydrogen (secondary N) is 1. The Morgan fingerprint density at radius 1 is 1.11 bits per heavy atom. The Labute approximate surface area is 121 Å². The van der Waals surface area contributed by atoms with Crippen LogP contribution in [0.25, 0.3) is 6.08 Å². The summed E-state index contributed by atoms with van der Waals surface area (Å²) in [4.78, 5) is 11.8. The first-order valence-corrected chi connectivity index (χ1v) is 6.75. The molecule has 1 N–H and O–H groups in total. The van der Waals surface area contributed by atoms with Crippen LogP contribution in [0.1, 0.15) is 11.1 Å². The summed E-state index contributed by atoms with van der Waals surface area (Å²) in [6, 6.07) is 15.5. The summed E-state index contributed by atoms with van der Waals surface area (Å²) in [7, 11) is 0. The van der Waals surface area contributed by atoms with E-state index < -0.39 is 0 Å². The van der Waals surface area contributed by atoms with Crippen LogP contribution >= 0.6 is 15.9 Å². The highest BCUT2D eigenvalue weighted by Gasteiger charge is 2.00. The van der Waals surface area contributed by atoms with Gasteiger partial charge in [0.05, 0.1) is 0 Å². The lowest BCUT2D eigenvalue weighted by atomic mass is 10.2. The predicted octanol–water partition coefficient (Wildman–Crippen LogP) is 4.41. The molecule has 0 bridgehead atoms. The Morgan fingerprint density at radius 2 is 1.79 bits per heavy atom. The number of carbonyl (C=O) groups excluding carboxylic acids is 1. The molecule has 0 aliphatic rings. The molecule has 0 atom stereocenters. The van der Waals surface area contributed by atoms with E-state index in [1.54, 1.807) is 6.08 Å². The second-order valence-corrected chi connectivity index (χ2v) is 5.10. The fourth-order valence-corrected chi connectivity index (χ4v) is 1.90. The zero-order chi connectivity index (χ0) is 13.7. The minimum atomic E-state index is -0.128. The molecule has 0 fully saturated rings. The highest BCUT2D eigenvalue weighted by molar-refractivity contribution is 9.10. The first-order chi connectivity index (χ1) is 9.15. The Kier molecular flexibility index (Phi) is 4.53. The van der Waals surface area contributed by atoms with Gasteiger partial charge in [0.1, 0.15) is 0 Å². The van der Waals surface area contributed by atoms with E-state index in [2.05, 4.69) is 21.2 Å². The van der Waals surface area contributed by atoms with Gasteiger partial charge in [-0.2, -0.15) is 0 Å². The van der Waals surface area contributed by atoms with Crippen LogP contribution in [0.15, 0.2) is 59.1 Å². The smallest absolute Gasteiger partial charge is 0.248 e. The molecule has 0 radical (unpaired) electrons. The molecule has 0 aliphatic carbocycles. The van der Waals surface area contributed by atoms with Crippen molar-refractivity contribution in [3.8, 4) is 0 Å². The molecule has 0 saturated heterocycles. The highest BCUT2D eigenvalue weighted by atomic mass is 79.9. The van der Waals surface area contributed by atoms with Crippen molar-refractivity contribution < 1.29 is 4.79 Å². The number of benzene rings is 2. The lowest BCUT2D eigenvalue weighted by Gasteiger charge is -2.05. The fourth-order valence-electron chi connectivity index (χ4n) is 1.63. The lowest BCUT2D eigenvalue weighted by Crippen LogP contribution is -2.08. The molecule has 0 aromatic heterocycles. The number of anilines is 1. The molecule has 96 valence electrons. The lowest BCUT2D eigenvalue weighted by molar-refractivity contribution is -0.111. The maximum Gasteiger partial charge on any atom is 0.248 e. The minimum absolute atomic E-state index is 0.128. The molecule has 2 nitrogen and oxygen atoms in total. The molecular weight excluding hydrogens is 302 g/mol. The quantitative estimate of drug-likeness (QED) is 0.835. The largest absolute Gasteiger partial charge is 0.322 e. The SMILES string of the molecule is Cc1ccccc1NC(=O)C=Cc1ccc(Br)cc1. The van der Waals surface area contributed by atoms with Crippen molar-refractivity contribution >= 4 is 33.6 Å². The van der Waals surface area contributed by atoms with Gasteiger partial charge in [0.2, 0.25) is 5.91 Å². The topological polar surface area (TPSA) is 29.1 Å². The molecule has 2 aromatic rings. The van der Waals surface area contributed by atoms with Gasteiger partial charge in [0.25, 0.3) is 0 Å². The van der Waals surface area contributed by atoms with E-state index in [0.29, 0.717) is 0 Å². The summed E-state index contributed by atoms with van der Waals surface area (Å²) in [5, 5.41) is 2.86. The summed E-state index contributed by atoms with van der Waals surface area (Å²) >= 11 is 3.37. The van der Waals surface area contributed by atoms with Gasteiger partial charge in [-0.3, -0.25) is 4.79 Å². The maximum atomic E-state index is 11.8. The van der Waals surface area contributed by atoms with E-state index in [9.17, 15) is 4.79 Å². The average Bonchev–Trinajstić information content (AvgIpc) is 2.41. The number of amides is 1. The normalized spacial score (nSPS) is 10.6. The van der Waals surface area contributed by atoms with E-state index >= 15 is 0 Å². The van der Waals surface area contributed by atoms with E-state index in [0.717, 1.165) is 21.3 Å². The Bertz CT molecular complexity index is 602. The predicted molar refractivity (Wildman–Crippen MR) is 83.0 cm³/mol. The van der Waals surface area contributed by atoms with Crippen LogP contribution in [-0.2, 0) is 4.79 Å². The fraction of sp³-hybridized carbons (Fsp3) is 0.0625. The number of hydrogen-bond donors (Lipinski definition) is 1. The molecule has 1 amide bonds. The van der Waals surface area contributed by atoms with E-state index in [4.69, 9.17) is 0 Å². The van der Waals surface area contributed by atoms with E-state index in [1.807, 2.05) is 55.5 Å². The molecule has 0 aliphatic heterocycles. The molecule has 0 saturated carbocycles. The molecule has 0 unspecified atom stereocenters. The summed E-state index contributed by atoms with van der Waals surface area (Å²) < 4.78 is 1.02. The Balaban J connectivity index is 2.02. The van der Waals surface area contributed by atoms with Crippen molar-refractivity contribution in [1.82, 2.24) is 0 Å². The molecule has 0 spiro atoms. The monoisotopic (exact) mass is 315 g/mol. The number of aryl methyl sites for hydroxylation is 1. The molecule has 2 aromatic carbocycles. The van der Waals surface area contributed by atoms with E-state index in [1.165, 1.54) is 6.08 Å². The van der Waals surface area contributed by atoms with Crippen LogP contribution in [0, 0.1) is 6.92 Å². The van der Waals surface area contributed by atoms with Crippen LogP contribution in [0.2, 0.25) is 0 Å². The number of hydrogen-bond acceptors (Lipinski definition) is 1. The molecule has 19 heavy (non-hydrogen) atoms. The second kappa shape index (κ2) is 6.34. The van der Waals surface area contributed by atoms with Gasteiger partial charge in [0.15, 0.2) is 0 Å². The number of halogens is 1. The molecule has 3 heteroatoms. The zero-order valence-corrected chi connectivity index (χ0v) is 12.1. The van der Waals surface area contributed by atoms with Crippen molar-refractivity contribution in [2.75, 3.05) is 5.32 Å². The number of rotatable bonds is 3. The standard InChI is InChI=1S/C16H14BrNO/c1-12-4-2-3-5-15(12)18-16(19)11-8-13-6-9-14(17)10-7-13/h2-11H,1H3,(H,18,19).